The lowest BCUT2D eigenvalue weighted by Crippen LogP contribution is -2.15. The molecule has 0 aliphatic carbocycles. The second-order valence-corrected chi connectivity index (χ2v) is 6.28. The minimum atomic E-state index is -0.220. The highest BCUT2D eigenvalue weighted by Gasteiger charge is 2.21. The molecule has 0 spiro atoms. The van der Waals surface area contributed by atoms with Gasteiger partial charge in [-0.25, -0.2) is 0 Å². The number of hydrogen-bond acceptors (Lipinski definition) is 3. The second-order valence-electron chi connectivity index (χ2n) is 6.28. The summed E-state index contributed by atoms with van der Waals surface area (Å²) in [6, 6.07) is 7.78. The van der Waals surface area contributed by atoms with Crippen molar-refractivity contribution in [2.45, 2.75) is 33.7 Å². The zero-order chi connectivity index (χ0) is 17.9. The molecule has 5 heteroatoms. The molecule has 1 heterocycles. The van der Waals surface area contributed by atoms with Crippen LogP contribution in [0, 0.1) is 6.92 Å². The third-order valence-electron chi connectivity index (χ3n) is 3.93. The Balaban J connectivity index is 2.21. The first-order chi connectivity index (χ1) is 11.3. The van der Waals surface area contributed by atoms with E-state index < -0.39 is 0 Å². The summed E-state index contributed by atoms with van der Waals surface area (Å²) in [6.07, 6.45) is 0.629. The Morgan fingerprint density at radius 1 is 1.17 bits per heavy atom. The third-order valence-corrected chi connectivity index (χ3v) is 3.93. The van der Waals surface area contributed by atoms with Crippen LogP contribution < -0.4 is 5.32 Å². The van der Waals surface area contributed by atoms with Crippen LogP contribution in [0.5, 0.6) is 0 Å². The van der Waals surface area contributed by atoms with E-state index in [-0.39, 0.29) is 11.7 Å². The fraction of sp³-hybridized carbons (Fsp3) is 0.368. The van der Waals surface area contributed by atoms with Crippen LogP contribution in [0.4, 0.5) is 5.69 Å². The zero-order valence-electron chi connectivity index (χ0n) is 15.0. The second kappa shape index (κ2) is 7.45. The topological polar surface area (TPSA) is 65.2 Å². The highest BCUT2D eigenvalue weighted by Crippen LogP contribution is 2.21. The van der Waals surface area contributed by atoms with E-state index in [1.54, 1.807) is 0 Å². The molecule has 1 aromatic heterocycles. The summed E-state index contributed by atoms with van der Waals surface area (Å²) in [5, 5.41) is 2.90. The fourth-order valence-electron chi connectivity index (χ4n) is 2.95. The van der Waals surface area contributed by atoms with Crippen LogP contribution in [0.25, 0.3) is 0 Å². The zero-order valence-corrected chi connectivity index (χ0v) is 15.0. The lowest BCUT2D eigenvalue weighted by Gasteiger charge is -2.11. The van der Waals surface area contributed by atoms with Gasteiger partial charge in [-0.05, 0) is 57.6 Å². The number of anilines is 1. The standard InChI is InChI=1S/C19H25N3O2/c1-6-16-17(13(3)23)12(2)20-18(16)19(24)21-15-9-7-14(8-10-15)11-22(4)5/h7-10,20H,6,11H2,1-5H3,(H,21,24). The number of Topliss-reactive ketones (excluding diaryl/α,β-unsaturated/α-hetero) is 1. The maximum absolute atomic E-state index is 12.6. The van der Waals surface area contributed by atoms with Gasteiger partial charge in [-0.1, -0.05) is 19.1 Å². The number of carbonyl (C=O) groups excluding carboxylic acids is 2. The van der Waals surface area contributed by atoms with Crippen molar-refractivity contribution < 1.29 is 9.59 Å². The van der Waals surface area contributed by atoms with Gasteiger partial charge in [0.1, 0.15) is 5.69 Å². The van der Waals surface area contributed by atoms with E-state index in [1.165, 1.54) is 12.5 Å². The van der Waals surface area contributed by atoms with E-state index in [2.05, 4.69) is 15.2 Å². The van der Waals surface area contributed by atoms with Crippen LogP contribution in [0.3, 0.4) is 0 Å². The summed E-state index contributed by atoms with van der Waals surface area (Å²) in [5.74, 6) is -0.240. The molecular formula is C19H25N3O2. The minimum Gasteiger partial charge on any atom is -0.354 e. The third kappa shape index (κ3) is 3.92. The molecule has 2 N–H and O–H groups in total. The van der Waals surface area contributed by atoms with Crippen molar-refractivity contribution in [2.24, 2.45) is 0 Å². The molecule has 0 bridgehead atoms. The molecule has 0 radical (unpaired) electrons. The molecule has 0 atom stereocenters. The monoisotopic (exact) mass is 327 g/mol. The molecule has 0 aliphatic heterocycles. The Labute approximate surface area is 143 Å². The number of ketones is 1. The summed E-state index contributed by atoms with van der Waals surface area (Å²) < 4.78 is 0. The Bertz CT molecular complexity index is 743. The predicted octanol–water partition coefficient (Wildman–Crippen LogP) is 3.40. The van der Waals surface area contributed by atoms with Gasteiger partial charge in [-0.15, -0.1) is 0 Å². The Hall–Kier alpha value is -2.40. The molecule has 0 aliphatic rings. The van der Waals surface area contributed by atoms with Gasteiger partial charge >= 0.3 is 0 Å². The summed E-state index contributed by atoms with van der Waals surface area (Å²) >= 11 is 0. The molecule has 1 aromatic carbocycles. The van der Waals surface area contributed by atoms with E-state index in [0.29, 0.717) is 17.7 Å². The number of aromatic amines is 1. The van der Waals surface area contributed by atoms with Crippen LogP contribution >= 0.6 is 0 Å². The first-order valence-electron chi connectivity index (χ1n) is 8.10. The lowest BCUT2D eigenvalue weighted by molar-refractivity contribution is 0.101. The van der Waals surface area contributed by atoms with Gasteiger partial charge < -0.3 is 15.2 Å². The van der Waals surface area contributed by atoms with E-state index in [9.17, 15) is 9.59 Å². The smallest absolute Gasteiger partial charge is 0.272 e. The van der Waals surface area contributed by atoms with Gasteiger partial charge in [0.25, 0.3) is 5.91 Å². The SMILES string of the molecule is CCc1c(C(=O)Nc2ccc(CN(C)C)cc2)[nH]c(C)c1C(C)=O. The first kappa shape index (κ1) is 17.9. The Morgan fingerprint density at radius 2 is 1.79 bits per heavy atom. The van der Waals surface area contributed by atoms with Crippen molar-refractivity contribution in [2.75, 3.05) is 19.4 Å². The van der Waals surface area contributed by atoms with Gasteiger partial charge in [0.05, 0.1) is 0 Å². The molecule has 128 valence electrons. The first-order valence-corrected chi connectivity index (χ1v) is 8.10. The van der Waals surface area contributed by atoms with Crippen molar-refractivity contribution in [3.05, 3.63) is 52.3 Å². The van der Waals surface area contributed by atoms with Crippen LogP contribution in [0.2, 0.25) is 0 Å². The highest BCUT2D eigenvalue weighted by molar-refractivity contribution is 6.07. The number of carbonyl (C=O) groups is 2. The molecular weight excluding hydrogens is 302 g/mol. The molecule has 0 saturated heterocycles. The summed E-state index contributed by atoms with van der Waals surface area (Å²) in [5.41, 5.74) is 4.54. The number of H-pyrrole nitrogens is 1. The van der Waals surface area contributed by atoms with E-state index in [4.69, 9.17) is 0 Å². The van der Waals surface area contributed by atoms with Crippen molar-refractivity contribution in [1.29, 1.82) is 0 Å². The summed E-state index contributed by atoms with van der Waals surface area (Å²) in [6.45, 7) is 6.15. The Kier molecular flexibility index (Phi) is 5.57. The van der Waals surface area contributed by atoms with E-state index in [1.807, 2.05) is 52.2 Å². The highest BCUT2D eigenvalue weighted by atomic mass is 16.2. The molecule has 2 aromatic rings. The van der Waals surface area contributed by atoms with Crippen molar-refractivity contribution in [3.8, 4) is 0 Å². The van der Waals surface area contributed by atoms with Gasteiger partial charge in [0.15, 0.2) is 5.78 Å². The number of aryl methyl sites for hydroxylation is 1. The van der Waals surface area contributed by atoms with Crippen molar-refractivity contribution >= 4 is 17.4 Å². The molecule has 0 saturated carbocycles. The molecule has 2 rings (SSSR count). The van der Waals surface area contributed by atoms with E-state index >= 15 is 0 Å². The molecule has 24 heavy (non-hydrogen) atoms. The lowest BCUT2D eigenvalue weighted by atomic mass is 10.0. The van der Waals surface area contributed by atoms with Gasteiger partial charge in [0.2, 0.25) is 0 Å². The number of amides is 1. The normalized spacial score (nSPS) is 10.9. The number of aromatic nitrogens is 1. The van der Waals surface area contributed by atoms with Crippen LogP contribution in [-0.4, -0.2) is 35.7 Å². The minimum absolute atomic E-state index is 0.0207. The van der Waals surface area contributed by atoms with Crippen molar-refractivity contribution in [3.63, 3.8) is 0 Å². The van der Waals surface area contributed by atoms with Crippen molar-refractivity contribution in [1.82, 2.24) is 9.88 Å². The Morgan fingerprint density at radius 3 is 2.29 bits per heavy atom. The van der Waals surface area contributed by atoms with Gasteiger partial charge in [-0.3, -0.25) is 9.59 Å². The number of nitrogens with zero attached hydrogens (tertiary/aromatic N) is 1. The van der Waals surface area contributed by atoms with Gasteiger partial charge in [-0.2, -0.15) is 0 Å². The molecule has 5 nitrogen and oxygen atoms in total. The number of benzene rings is 1. The quantitative estimate of drug-likeness (QED) is 0.799. The number of nitrogens with one attached hydrogen (secondary N) is 2. The van der Waals surface area contributed by atoms with E-state index in [0.717, 1.165) is 23.5 Å². The average Bonchev–Trinajstić information content (AvgIpc) is 2.85. The largest absolute Gasteiger partial charge is 0.354 e. The van der Waals surface area contributed by atoms with Crippen LogP contribution in [0.1, 0.15) is 51.5 Å². The maximum Gasteiger partial charge on any atom is 0.272 e. The maximum atomic E-state index is 12.6. The average molecular weight is 327 g/mol. The van der Waals surface area contributed by atoms with Crippen LogP contribution in [-0.2, 0) is 13.0 Å². The summed E-state index contributed by atoms with van der Waals surface area (Å²) in [4.78, 5) is 29.5. The predicted molar refractivity (Wildman–Crippen MR) is 96.7 cm³/mol. The van der Waals surface area contributed by atoms with Crippen LogP contribution in [0.15, 0.2) is 24.3 Å². The number of rotatable bonds is 6. The molecule has 0 unspecified atom stereocenters. The van der Waals surface area contributed by atoms with Gasteiger partial charge in [0, 0.05) is 23.5 Å². The summed E-state index contributed by atoms with van der Waals surface area (Å²) in [7, 11) is 4.03. The molecule has 0 fully saturated rings. The number of hydrogen-bond donors (Lipinski definition) is 2. The molecule has 1 amide bonds. The fourth-order valence-corrected chi connectivity index (χ4v) is 2.95.